The second-order valence-corrected chi connectivity index (χ2v) is 4.02. The fourth-order valence-electron chi connectivity index (χ4n) is 1.46. The maximum atomic E-state index is 11.4. The summed E-state index contributed by atoms with van der Waals surface area (Å²) in [6, 6.07) is 7.66. The standard InChI is InChI=1S/C13H19N3O2/c1-10-5-3-4-6-12(10)9-16-13(18)15-8-7-14-11(2)17/h3-6H,7-9H2,1-2H3,(H,14,17)(H2,15,16,18). The van der Waals surface area contributed by atoms with Crippen molar-refractivity contribution in [2.45, 2.75) is 20.4 Å². The highest BCUT2D eigenvalue weighted by Gasteiger charge is 2.01. The average Bonchev–Trinajstić information content (AvgIpc) is 2.33. The molecule has 0 spiro atoms. The van der Waals surface area contributed by atoms with Gasteiger partial charge in [-0.3, -0.25) is 4.79 Å². The van der Waals surface area contributed by atoms with Crippen LogP contribution in [-0.2, 0) is 11.3 Å². The van der Waals surface area contributed by atoms with E-state index in [1.54, 1.807) is 0 Å². The molecule has 0 aliphatic heterocycles. The largest absolute Gasteiger partial charge is 0.355 e. The normalized spacial score (nSPS) is 9.67. The number of rotatable bonds is 5. The van der Waals surface area contributed by atoms with E-state index < -0.39 is 0 Å². The molecule has 18 heavy (non-hydrogen) atoms. The van der Waals surface area contributed by atoms with Crippen LogP contribution in [0.4, 0.5) is 4.79 Å². The van der Waals surface area contributed by atoms with Gasteiger partial charge in [0.25, 0.3) is 0 Å². The van der Waals surface area contributed by atoms with E-state index in [1.165, 1.54) is 6.92 Å². The van der Waals surface area contributed by atoms with Gasteiger partial charge >= 0.3 is 6.03 Å². The minimum Gasteiger partial charge on any atom is -0.355 e. The molecule has 0 aliphatic carbocycles. The number of urea groups is 1. The van der Waals surface area contributed by atoms with Crippen LogP contribution in [-0.4, -0.2) is 25.0 Å². The number of amides is 3. The molecular formula is C13H19N3O2. The van der Waals surface area contributed by atoms with Crippen molar-refractivity contribution in [1.29, 1.82) is 0 Å². The summed E-state index contributed by atoms with van der Waals surface area (Å²) in [7, 11) is 0. The zero-order valence-electron chi connectivity index (χ0n) is 10.7. The Bertz CT molecular complexity index is 418. The molecular weight excluding hydrogens is 230 g/mol. The first-order valence-electron chi connectivity index (χ1n) is 5.90. The molecule has 0 heterocycles. The number of carbonyl (C=O) groups is 2. The van der Waals surface area contributed by atoms with Crippen molar-refractivity contribution in [2.24, 2.45) is 0 Å². The summed E-state index contributed by atoms with van der Waals surface area (Å²) in [5.41, 5.74) is 2.24. The molecule has 0 atom stereocenters. The van der Waals surface area contributed by atoms with Gasteiger partial charge in [0, 0.05) is 26.6 Å². The van der Waals surface area contributed by atoms with E-state index in [9.17, 15) is 9.59 Å². The first kappa shape index (κ1) is 14.0. The molecule has 1 aromatic carbocycles. The number of hydrogen-bond donors (Lipinski definition) is 3. The van der Waals surface area contributed by atoms with E-state index in [0.717, 1.165) is 11.1 Å². The van der Waals surface area contributed by atoms with E-state index in [2.05, 4.69) is 16.0 Å². The molecule has 1 rings (SSSR count). The van der Waals surface area contributed by atoms with Crippen molar-refractivity contribution in [1.82, 2.24) is 16.0 Å². The van der Waals surface area contributed by atoms with Crippen LogP contribution < -0.4 is 16.0 Å². The lowest BCUT2D eigenvalue weighted by Crippen LogP contribution is -2.39. The first-order valence-corrected chi connectivity index (χ1v) is 5.90. The summed E-state index contributed by atoms with van der Waals surface area (Å²) in [6.45, 7) is 4.80. The Balaban J connectivity index is 2.21. The molecule has 3 N–H and O–H groups in total. The maximum Gasteiger partial charge on any atom is 0.315 e. The predicted molar refractivity (Wildman–Crippen MR) is 70.1 cm³/mol. The highest BCUT2D eigenvalue weighted by atomic mass is 16.2. The van der Waals surface area contributed by atoms with Gasteiger partial charge < -0.3 is 16.0 Å². The van der Waals surface area contributed by atoms with Crippen LogP contribution in [0, 0.1) is 6.92 Å². The molecule has 0 bridgehead atoms. The van der Waals surface area contributed by atoms with Crippen molar-refractivity contribution in [3.63, 3.8) is 0 Å². The highest BCUT2D eigenvalue weighted by Crippen LogP contribution is 2.05. The quantitative estimate of drug-likeness (QED) is 0.679. The lowest BCUT2D eigenvalue weighted by atomic mass is 10.1. The van der Waals surface area contributed by atoms with Crippen LogP contribution in [0.15, 0.2) is 24.3 Å². The maximum absolute atomic E-state index is 11.4. The minimum absolute atomic E-state index is 0.0999. The molecule has 0 fully saturated rings. The second-order valence-electron chi connectivity index (χ2n) is 4.02. The number of aryl methyl sites for hydroxylation is 1. The van der Waals surface area contributed by atoms with Gasteiger partial charge in [0.1, 0.15) is 0 Å². The smallest absolute Gasteiger partial charge is 0.315 e. The summed E-state index contributed by atoms with van der Waals surface area (Å²) in [4.78, 5) is 22.0. The molecule has 98 valence electrons. The highest BCUT2D eigenvalue weighted by molar-refractivity contribution is 5.74. The number of nitrogens with one attached hydrogen (secondary N) is 3. The van der Waals surface area contributed by atoms with Gasteiger partial charge in [0.15, 0.2) is 0 Å². The number of hydrogen-bond acceptors (Lipinski definition) is 2. The Morgan fingerprint density at radius 3 is 2.39 bits per heavy atom. The fourth-order valence-corrected chi connectivity index (χ4v) is 1.46. The van der Waals surface area contributed by atoms with Crippen LogP contribution in [0.3, 0.4) is 0 Å². The van der Waals surface area contributed by atoms with Gasteiger partial charge in [-0.15, -0.1) is 0 Å². The molecule has 5 heteroatoms. The summed E-state index contributed by atoms with van der Waals surface area (Å²) in [5, 5.41) is 8.03. The van der Waals surface area contributed by atoms with Crippen molar-refractivity contribution in [2.75, 3.05) is 13.1 Å². The van der Waals surface area contributed by atoms with Crippen molar-refractivity contribution >= 4 is 11.9 Å². The van der Waals surface area contributed by atoms with E-state index in [-0.39, 0.29) is 11.9 Å². The van der Waals surface area contributed by atoms with Crippen LogP contribution in [0.5, 0.6) is 0 Å². The van der Waals surface area contributed by atoms with Crippen LogP contribution in [0.2, 0.25) is 0 Å². The van der Waals surface area contributed by atoms with Gasteiger partial charge in [-0.25, -0.2) is 4.79 Å². The number of benzene rings is 1. The topological polar surface area (TPSA) is 70.2 Å². The third kappa shape index (κ3) is 5.34. The second kappa shape index (κ2) is 7.32. The Kier molecular flexibility index (Phi) is 5.70. The Labute approximate surface area is 107 Å². The molecule has 0 aliphatic rings. The Morgan fingerprint density at radius 2 is 1.72 bits per heavy atom. The SMILES string of the molecule is CC(=O)NCCNC(=O)NCc1ccccc1C. The molecule has 5 nitrogen and oxygen atoms in total. The molecule has 0 aromatic heterocycles. The molecule has 0 saturated carbocycles. The van der Waals surface area contributed by atoms with Crippen LogP contribution in [0.25, 0.3) is 0 Å². The zero-order valence-corrected chi connectivity index (χ0v) is 10.7. The van der Waals surface area contributed by atoms with Gasteiger partial charge in [0.2, 0.25) is 5.91 Å². The summed E-state index contributed by atoms with van der Waals surface area (Å²) >= 11 is 0. The lowest BCUT2D eigenvalue weighted by molar-refractivity contribution is -0.118. The van der Waals surface area contributed by atoms with E-state index >= 15 is 0 Å². The summed E-state index contributed by atoms with van der Waals surface area (Å²) < 4.78 is 0. The van der Waals surface area contributed by atoms with Gasteiger partial charge in [0.05, 0.1) is 0 Å². The monoisotopic (exact) mass is 249 g/mol. The van der Waals surface area contributed by atoms with Crippen molar-refractivity contribution in [3.8, 4) is 0 Å². The van der Waals surface area contributed by atoms with Gasteiger partial charge in [-0.2, -0.15) is 0 Å². The molecule has 0 unspecified atom stereocenters. The van der Waals surface area contributed by atoms with Crippen molar-refractivity contribution < 1.29 is 9.59 Å². The molecule has 0 radical (unpaired) electrons. The van der Waals surface area contributed by atoms with Crippen LogP contribution >= 0.6 is 0 Å². The fraction of sp³-hybridized carbons (Fsp3) is 0.385. The Hall–Kier alpha value is -2.04. The van der Waals surface area contributed by atoms with Gasteiger partial charge in [-0.05, 0) is 18.1 Å². The van der Waals surface area contributed by atoms with E-state index in [0.29, 0.717) is 19.6 Å². The third-order valence-electron chi connectivity index (χ3n) is 2.49. The minimum atomic E-state index is -0.233. The van der Waals surface area contributed by atoms with E-state index in [1.807, 2.05) is 31.2 Å². The van der Waals surface area contributed by atoms with Crippen LogP contribution in [0.1, 0.15) is 18.1 Å². The van der Waals surface area contributed by atoms with Crippen molar-refractivity contribution in [3.05, 3.63) is 35.4 Å². The molecule has 1 aromatic rings. The third-order valence-corrected chi connectivity index (χ3v) is 2.49. The zero-order chi connectivity index (χ0) is 13.4. The average molecular weight is 249 g/mol. The summed E-state index contributed by atoms with van der Waals surface area (Å²) in [5.74, 6) is -0.0999. The molecule has 3 amide bonds. The van der Waals surface area contributed by atoms with Gasteiger partial charge in [-0.1, -0.05) is 24.3 Å². The first-order chi connectivity index (χ1) is 8.59. The number of carbonyl (C=O) groups excluding carboxylic acids is 2. The predicted octanol–water partition coefficient (Wildman–Crippen LogP) is 0.930. The van der Waals surface area contributed by atoms with E-state index in [4.69, 9.17) is 0 Å². The Morgan fingerprint density at radius 1 is 1.06 bits per heavy atom. The molecule has 0 saturated heterocycles. The lowest BCUT2D eigenvalue weighted by Gasteiger charge is -2.09. The summed E-state index contributed by atoms with van der Waals surface area (Å²) in [6.07, 6.45) is 0.